The summed E-state index contributed by atoms with van der Waals surface area (Å²) < 4.78 is 29.0. The SMILES string of the molecule is [2H]C([2H])([2H])N1CCC[C@@H]1Cc1c(C2CCCC2)[nH]c2ccc(OC)cc12. The molecule has 0 spiro atoms. The minimum Gasteiger partial charge on any atom is -0.497 e. The minimum atomic E-state index is -2.00. The van der Waals surface area contributed by atoms with Gasteiger partial charge in [0.2, 0.25) is 0 Å². The fourth-order valence-electron chi connectivity index (χ4n) is 4.44. The predicted octanol–water partition coefficient (Wildman–Crippen LogP) is 4.47. The number of hydrogen-bond donors (Lipinski definition) is 1. The van der Waals surface area contributed by atoms with Gasteiger partial charge < -0.3 is 14.6 Å². The first-order chi connectivity index (χ1) is 12.5. The lowest BCUT2D eigenvalue weighted by Gasteiger charge is -2.21. The van der Waals surface area contributed by atoms with Crippen LogP contribution in [0.25, 0.3) is 10.9 Å². The molecule has 124 valence electrons. The smallest absolute Gasteiger partial charge is 0.119 e. The third-order valence-electron chi connectivity index (χ3n) is 5.73. The summed E-state index contributed by atoms with van der Waals surface area (Å²) in [6, 6.07) is 6.28. The van der Waals surface area contributed by atoms with Gasteiger partial charge in [-0.05, 0) is 75.3 Å². The Labute approximate surface area is 143 Å². The molecule has 0 radical (unpaired) electrons. The molecule has 4 rings (SSSR count). The lowest BCUT2D eigenvalue weighted by molar-refractivity contribution is 0.309. The zero-order valence-electron chi connectivity index (χ0n) is 16.9. The molecule has 2 heterocycles. The van der Waals surface area contributed by atoms with E-state index in [2.05, 4.69) is 17.1 Å². The molecule has 2 aliphatic rings. The molecule has 1 atom stereocenters. The molecule has 23 heavy (non-hydrogen) atoms. The number of likely N-dealkylation sites (tertiary alicyclic amines) is 1. The van der Waals surface area contributed by atoms with Crippen LogP contribution in [-0.4, -0.2) is 36.6 Å². The molecule has 3 heteroatoms. The Kier molecular flexibility index (Phi) is 3.22. The number of nitrogens with one attached hydrogen (secondary N) is 1. The fourth-order valence-corrected chi connectivity index (χ4v) is 4.44. The number of H-pyrrole nitrogens is 1. The lowest BCUT2D eigenvalue weighted by Crippen LogP contribution is -2.27. The van der Waals surface area contributed by atoms with Gasteiger partial charge >= 0.3 is 0 Å². The number of likely N-dealkylation sites (N-methyl/N-ethyl adjacent to an activating group) is 1. The zero-order chi connectivity index (χ0) is 18.3. The highest BCUT2D eigenvalue weighted by Crippen LogP contribution is 2.40. The third-order valence-corrected chi connectivity index (χ3v) is 5.73. The molecule has 3 nitrogen and oxygen atoms in total. The van der Waals surface area contributed by atoms with Crippen LogP contribution in [-0.2, 0) is 6.42 Å². The van der Waals surface area contributed by atoms with E-state index in [1.54, 1.807) is 12.0 Å². The number of methoxy groups -OCH3 is 1. The second kappa shape index (κ2) is 6.20. The molecule has 1 aromatic heterocycles. The maximum atomic E-state index is 7.87. The molecule has 2 aromatic rings. The van der Waals surface area contributed by atoms with Crippen molar-refractivity contribution in [2.24, 2.45) is 0 Å². The van der Waals surface area contributed by atoms with Crippen LogP contribution in [0.4, 0.5) is 0 Å². The molecule has 1 aliphatic carbocycles. The van der Waals surface area contributed by atoms with Crippen molar-refractivity contribution in [3.05, 3.63) is 29.5 Å². The van der Waals surface area contributed by atoms with E-state index in [1.807, 2.05) is 6.07 Å². The summed E-state index contributed by atoms with van der Waals surface area (Å²) >= 11 is 0. The quantitative estimate of drug-likeness (QED) is 0.901. The average molecular weight is 315 g/mol. The lowest BCUT2D eigenvalue weighted by atomic mass is 9.94. The summed E-state index contributed by atoms with van der Waals surface area (Å²) in [6.07, 6.45) is 7.75. The molecule has 1 aromatic carbocycles. The third kappa shape index (κ3) is 2.76. The van der Waals surface area contributed by atoms with Gasteiger partial charge in [-0.3, -0.25) is 0 Å². The first-order valence-corrected chi connectivity index (χ1v) is 8.92. The predicted molar refractivity (Wildman–Crippen MR) is 95.4 cm³/mol. The highest BCUT2D eigenvalue weighted by atomic mass is 16.5. The van der Waals surface area contributed by atoms with Crippen LogP contribution in [0.3, 0.4) is 0 Å². The van der Waals surface area contributed by atoms with Gasteiger partial charge in [-0.1, -0.05) is 12.8 Å². The van der Waals surface area contributed by atoms with E-state index in [1.165, 1.54) is 42.3 Å². The Hall–Kier alpha value is -1.48. The zero-order valence-corrected chi connectivity index (χ0v) is 13.9. The Balaban J connectivity index is 1.74. The fraction of sp³-hybridized carbons (Fsp3) is 0.600. The number of hydrogen-bond acceptors (Lipinski definition) is 2. The summed E-state index contributed by atoms with van der Waals surface area (Å²) in [5.74, 6) is 1.43. The van der Waals surface area contributed by atoms with Gasteiger partial charge in [-0.2, -0.15) is 0 Å². The van der Waals surface area contributed by atoms with Crippen molar-refractivity contribution >= 4 is 10.9 Å². The Morgan fingerprint density at radius 2 is 2.13 bits per heavy atom. The number of aromatic amines is 1. The number of benzene rings is 1. The number of rotatable bonds is 4. The van der Waals surface area contributed by atoms with Crippen molar-refractivity contribution in [2.75, 3.05) is 20.6 Å². The summed E-state index contributed by atoms with van der Waals surface area (Å²) in [6.45, 7) is -1.33. The first-order valence-electron chi connectivity index (χ1n) is 10.4. The van der Waals surface area contributed by atoms with Crippen molar-refractivity contribution in [3.63, 3.8) is 0 Å². The number of ether oxygens (including phenoxy) is 1. The monoisotopic (exact) mass is 315 g/mol. The molecule has 2 fully saturated rings. The Morgan fingerprint density at radius 1 is 1.26 bits per heavy atom. The number of aromatic nitrogens is 1. The van der Waals surface area contributed by atoms with E-state index in [-0.39, 0.29) is 6.04 Å². The Morgan fingerprint density at radius 3 is 2.91 bits per heavy atom. The molecule has 1 saturated heterocycles. The van der Waals surface area contributed by atoms with Gasteiger partial charge in [0, 0.05) is 26.8 Å². The van der Waals surface area contributed by atoms with E-state index in [0.717, 1.165) is 30.5 Å². The van der Waals surface area contributed by atoms with Crippen molar-refractivity contribution in [1.82, 2.24) is 9.88 Å². The van der Waals surface area contributed by atoms with Gasteiger partial charge in [0.15, 0.2) is 0 Å². The van der Waals surface area contributed by atoms with Crippen molar-refractivity contribution < 1.29 is 8.85 Å². The molecular formula is C20H28N2O. The molecular weight excluding hydrogens is 284 g/mol. The van der Waals surface area contributed by atoms with Gasteiger partial charge in [0.25, 0.3) is 0 Å². The van der Waals surface area contributed by atoms with Crippen LogP contribution in [0, 0.1) is 0 Å². The summed E-state index contributed by atoms with van der Waals surface area (Å²) in [4.78, 5) is 5.40. The van der Waals surface area contributed by atoms with Crippen LogP contribution in [0.2, 0.25) is 0 Å². The molecule has 0 unspecified atom stereocenters. The van der Waals surface area contributed by atoms with E-state index in [0.29, 0.717) is 12.5 Å². The van der Waals surface area contributed by atoms with E-state index in [9.17, 15) is 0 Å². The summed E-state index contributed by atoms with van der Waals surface area (Å²) in [5.41, 5.74) is 3.79. The van der Waals surface area contributed by atoms with Crippen molar-refractivity contribution in [3.8, 4) is 5.75 Å². The number of fused-ring (bicyclic) bond motifs is 1. The minimum absolute atomic E-state index is 0.0906. The molecule has 0 bridgehead atoms. The first kappa shape index (κ1) is 12.0. The second-order valence-corrected chi connectivity index (χ2v) is 7.10. The van der Waals surface area contributed by atoms with Crippen LogP contribution in [0.15, 0.2) is 18.2 Å². The van der Waals surface area contributed by atoms with Gasteiger partial charge in [-0.25, -0.2) is 0 Å². The normalized spacial score (nSPS) is 25.6. The highest BCUT2D eigenvalue weighted by molar-refractivity contribution is 5.86. The molecule has 1 aliphatic heterocycles. The van der Waals surface area contributed by atoms with Gasteiger partial charge in [0.05, 0.1) is 7.11 Å². The van der Waals surface area contributed by atoms with Crippen LogP contribution < -0.4 is 4.74 Å². The summed E-state index contributed by atoms with van der Waals surface area (Å²) in [5, 5.41) is 1.20. The number of nitrogens with zero attached hydrogens (tertiary/aromatic N) is 1. The van der Waals surface area contributed by atoms with Gasteiger partial charge in [-0.15, -0.1) is 0 Å². The van der Waals surface area contributed by atoms with E-state index in [4.69, 9.17) is 8.85 Å². The standard InChI is InChI=1S/C20H28N2O/c1-22-11-5-8-15(22)12-18-17-13-16(23-2)9-10-19(17)21-20(18)14-6-3-4-7-14/h9-10,13-15,21H,3-8,11-12H2,1-2H3/t15-/m1/s1/i1D3. The maximum absolute atomic E-state index is 7.87. The van der Waals surface area contributed by atoms with Crippen LogP contribution in [0.1, 0.15) is 59.8 Å². The molecule has 1 saturated carbocycles. The van der Waals surface area contributed by atoms with Crippen LogP contribution in [0.5, 0.6) is 5.75 Å². The van der Waals surface area contributed by atoms with E-state index >= 15 is 0 Å². The van der Waals surface area contributed by atoms with Crippen LogP contribution >= 0.6 is 0 Å². The largest absolute Gasteiger partial charge is 0.497 e. The molecule has 0 amide bonds. The maximum Gasteiger partial charge on any atom is 0.119 e. The Bertz CT molecular complexity index is 777. The van der Waals surface area contributed by atoms with Crippen molar-refractivity contribution in [2.45, 2.75) is 56.9 Å². The average Bonchev–Trinajstić information content (AvgIpc) is 3.34. The molecule has 1 N–H and O–H groups in total. The van der Waals surface area contributed by atoms with E-state index < -0.39 is 6.98 Å². The topological polar surface area (TPSA) is 28.3 Å². The van der Waals surface area contributed by atoms with Gasteiger partial charge in [0.1, 0.15) is 5.75 Å². The van der Waals surface area contributed by atoms with Crippen molar-refractivity contribution in [1.29, 1.82) is 0 Å². The summed E-state index contributed by atoms with van der Waals surface area (Å²) in [7, 11) is 1.69. The second-order valence-electron chi connectivity index (χ2n) is 7.10. The highest BCUT2D eigenvalue weighted by Gasteiger charge is 2.28.